The number of anilines is 1. The first-order valence-corrected chi connectivity index (χ1v) is 8.21. The molecule has 1 aliphatic heterocycles. The van der Waals surface area contributed by atoms with Gasteiger partial charge in [-0.1, -0.05) is 11.6 Å². The average Bonchev–Trinajstić information content (AvgIpc) is 2.50. The number of hydrogen-bond donors (Lipinski definition) is 0. The molecule has 3 nitrogen and oxygen atoms in total. The first kappa shape index (κ1) is 17.6. The molecule has 1 saturated carbocycles. The van der Waals surface area contributed by atoms with Crippen LogP contribution < -0.4 is 4.90 Å². The fourth-order valence-corrected chi connectivity index (χ4v) is 3.83. The Labute approximate surface area is 141 Å². The maximum atomic E-state index is 13.4. The van der Waals surface area contributed by atoms with Gasteiger partial charge in [0.25, 0.3) is 0 Å². The van der Waals surface area contributed by atoms with Gasteiger partial charge in [0.1, 0.15) is 11.0 Å². The highest BCUT2D eigenvalue weighted by atomic mass is 35.5. The van der Waals surface area contributed by atoms with Crippen LogP contribution in [0.3, 0.4) is 0 Å². The summed E-state index contributed by atoms with van der Waals surface area (Å²) in [5.41, 5.74) is -0.282. The van der Waals surface area contributed by atoms with Gasteiger partial charge in [-0.3, -0.25) is 0 Å². The molecule has 1 spiro atoms. The minimum atomic E-state index is -4.68. The van der Waals surface area contributed by atoms with Crippen molar-refractivity contribution in [1.82, 2.24) is 9.97 Å². The van der Waals surface area contributed by atoms with E-state index >= 15 is 0 Å². The lowest BCUT2D eigenvalue weighted by Crippen LogP contribution is -2.47. The van der Waals surface area contributed by atoms with E-state index in [0.29, 0.717) is 25.9 Å². The predicted octanol–water partition coefficient (Wildman–Crippen LogP) is 4.94. The highest BCUT2D eigenvalue weighted by Crippen LogP contribution is 2.48. The van der Waals surface area contributed by atoms with Crippen LogP contribution in [0.1, 0.15) is 44.3 Å². The Morgan fingerprint density at radius 1 is 1.04 bits per heavy atom. The largest absolute Gasteiger partial charge is 0.451 e. The van der Waals surface area contributed by atoms with Crippen molar-refractivity contribution in [2.24, 2.45) is 5.41 Å². The zero-order valence-corrected chi connectivity index (χ0v) is 13.6. The Kier molecular flexibility index (Phi) is 4.38. The smallest absolute Gasteiger partial charge is 0.356 e. The lowest BCUT2D eigenvalue weighted by Gasteiger charge is -2.47. The van der Waals surface area contributed by atoms with Crippen LogP contribution in [-0.4, -0.2) is 29.0 Å². The number of rotatable bonds is 1. The summed E-state index contributed by atoms with van der Waals surface area (Å²) in [6.07, 6.45) is -2.72. The van der Waals surface area contributed by atoms with Crippen LogP contribution in [0, 0.1) is 5.41 Å². The highest BCUT2D eigenvalue weighted by Gasteiger charge is 2.45. The van der Waals surface area contributed by atoms with E-state index in [9.17, 15) is 22.0 Å². The SMILES string of the molecule is FC1(F)CCC2(CCCN(c3cc(Cl)nc(C(F)(F)F)n3)C2)CC1. The van der Waals surface area contributed by atoms with Gasteiger partial charge in [-0.2, -0.15) is 13.2 Å². The second-order valence-corrected chi connectivity index (χ2v) is 7.14. The lowest BCUT2D eigenvalue weighted by molar-refractivity contribution is -0.144. The van der Waals surface area contributed by atoms with Crippen molar-refractivity contribution in [3.8, 4) is 0 Å². The van der Waals surface area contributed by atoms with Crippen LogP contribution in [0.15, 0.2) is 6.07 Å². The van der Waals surface area contributed by atoms with E-state index in [-0.39, 0.29) is 29.2 Å². The molecular formula is C15H17ClF5N3. The normalized spacial score (nSPS) is 23.5. The Morgan fingerprint density at radius 3 is 2.33 bits per heavy atom. The lowest BCUT2D eigenvalue weighted by atomic mass is 9.68. The van der Waals surface area contributed by atoms with Gasteiger partial charge in [-0.25, -0.2) is 18.7 Å². The molecule has 0 aromatic carbocycles. The molecule has 0 atom stereocenters. The zero-order valence-electron chi connectivity index (χ0n) is 12.8. The van der Waals surface area contributed by atoms with Crippen molar-refractivity contribution >= 4 is 17.4 Å². The molecule has 0 radical (unpaired) electrons. The molecule has 134 valence electrons. The molecule has 0 unspecified atom stereocenters. The molecule has 0 N–H and O–H groups in total. The van der Waals surface area contributed by atoms with E-state index in [1.165, 1.54) is 6.07 Å². The monoisotopic (exact) mass is 369 g/mol. The van der Waals surface area contributed by atoms with Crippen molar-refractivity contribution in [3.05, 3.63) is 17.0 Å². The third-order valence-electron chi connectivity index (χ3n) is 4.96. The summed E-state index contributed by atoms with van der Waals surface area (Å²) in [6, 6.07) is 1.30. The molecule has 9 heteroatoms. The Balaban J connectivity index is 1.82. The molecule has 2 fully saturated rings. The van der Waals surface area contributed by atoms with Gasteiger partial charge in [-0.05, 0) is 31.1 Å². The standard InChI is InChI=1S/C15H17ClF5N3/c16-10-8-11(23-12(22-10)15(19,20)21)24-7-1-2-13(9-24)3-5-14(17,18)6-4-13/h8H,1-7,9H2. The van der Waals surface area contributed by atoms with E-state index in [2.05, 4.69) is 9.97 Å². The summed E-state index contributed by atoms with van der Waals surface area (Å²) < 4.78 is 65.4. The topological polar surface area (TPSA) is 29.0 Å². The average molecular weight is 370 g/mol. The van der Waals surface area contributed by atoms with E-state index in [0.717, 1.165) is 12.8 Å². The molecule has 3 rings (SSSR count). The molecular weight excluding hydrogens is 353 g/mol. The summed E-state index contributed by atoms with van der Waals surface area (Å²) in [5.74, 6) is -3.80. The van der Waals surface area contributed by atoms with Crippen LogP contribution in [0.2, 0.25) is 5.15 Å². The second kappa shape index (κ2) is 5.97. The van der Waals surface area contributed by atoms with Crippen LogP contribution in [0.25, 0.3) is 0 Å². The summed E-state index contributed by atoms with van der Waals surface area (Å²) in [6.45, 7) is 0.955. The van der Waals surface area contributed by atoms with E-state index in [4.69, 9.17) is 11.6 Å². The Bertz CT molecular complexity index is 610. The summed E-state index contributed by atoms with van der Waals surface area (Å²) in [7, 11) is 0. The number of nitrogens with zero attached hydrogens (tertiary/aromatic N) is 3. The van der Waals surface area contributed by atoms with Crippen molar-refractivity contribution in [3.63, 3.8) is 0 Å². The minimum absolute atomic E-state index is 0.110. The second-order valence-electron chi connectivity index (χ2n) is 6.75. The maximum Gasteiger partial charge on any atom is 0.451 e. The molecule has 24 heavy (non-hydrogen) atoms. The number of alkyl halides is 5. The Morgan fingerprint density at radius 2 is 1.71 bits per heavy atom. The quantitative estimate of drug-likeness (QED) is 0.518. The van der Waals surface area contributed by atoms with E-state index < -0.39 is 17.9 Å². The van der Waals surface area contributed by atoms with Gasteiger partial charge in [0, 0.05) is 32.0 Å². The maximum absolute atomic E-state index is 13.4. The number of piperidine rings is 1. The molecule has 1 aromatic rings. The van der Waals surface area contributed by atoms with Crippen LogP contribution >= 0.6 is 11.6 Å². The molecule has 2 heterocycles. The van der Waals surface area contributed by atoms with Crippen LogP contribution in [-0.2, 0) is 6.18 Å². The Hall–Kier alpha value is -1.18. The fraction of sp³-hybridized carbons (Fsp3) is 0.733. The van der Waals surface area contributed by atoms with Crippen molar-refractivity contribution < 1.29 is 22.0 Å². The first-order chi connectivity index (χ1) is 11.1. The van der Waals surface area contributed by atoms with Crippen LogP contribution in [0.4, 0.5) is 27.8 Å². The number of aromatic nitrogens is 2. The van der Waals surface area contributed by atoms with Gasteiger partial charge in [0.15, 0.2) is 0 Å². The van der Waals surface area contributed by atoms with Crippen LogP contribution in [0.5, 0.6) is 0 Å². The van der Waals surface area contributed by atoms with Gasteiger partial charge in [-0.15, -0.1) is 0 Å². The summed E-state index contributed by atoms with van der Waals surface area (Å²) >= 11 is 5.71. The van der Waals surface area contributed by atoms with Gasteiger partial charge in [0.05, 0.1) is 0 Å². The minimum Gasteiger partial charge on any atom is -0.356 e. The van der Waals surface area contributed by atoms with E-state index in [1.807, 2.05) is 0 Å². The first-order valence-electron chi connectivity index (χ1n) is 7.83. The van der Waals surface area contributed by atoms with E-state index in [1.54, 1.807) is 4.90 Å². The molecule has 1 saturated heterocycles. The zero-order chi connectivity index (χ0) is 17.6. The molecule has 1 aromatic heterocycles. The van der Waals surface area contributed by atoms with Gasteiger partial charge >= 0.3 is 6.18 Å². The third kappa shape index (κ3) is 3.73. The highest BCUT2D eigenvalue weighted by molar-refractivity contribution is 6.29. The summed E-state index contributed by atoms with van der Waals surface area (Å²) in [5, 5.41) is -0.276. The molecule has 0 bridgehead atoms. The van der Waals surface area contributed by atoms with Crippen molar-refractivity contribution in [1.29, 1.82) is 0 Å². The molecule has 2 aliphatic rings. The van der Waals surface area contributed by atoms with Crippen molar-refractivity contribution in [2.75, 3.05) is 18.0 Å². The van der Waals surface area contributed by atoms with Crippen molar-refractivity contribution in [2.45, 2.75) is 50.6 Å². The number of hydrogen-bond acceptors (Lipinski definition) is 3. The fourth-order valence-electron chi connectivity index (χ4n) is 3.65. The van der Waals surface area contributed by atoms with Gasteiger partial charge in [0.2, 0.25) is 11.7 Å². The number of halogens is 6. The predicted molar refractivity (Wildman–Crippen MR) is 79.3 cm³/mol. The molecule has 0 amide bonds. The summed E-state index contributed by atoms with van der Waals surface area (Å²) in [4.78, 5) is 8.54. The van der Waals surface area contributed by atoms with Gasteiger partial charge < -0.3 is 4.90 Å². The third-order valence-corrected chi connectivity index (χ3v) is 5.16. The molecule has 1 aliphatic carbocycles.